The summed E-state index contributed by atoms with van der Waals surface area (Å²) in [6, 6.07) is 9.56. The molecular formula is C17H26OS2. The van der Waals surface area contributed by atoms with E-state index in [-0.39, 0.29) is 5.12 Å². The van der Waals surface area contributed by atoms with Crippen LogP contribution in [-0.2, 0) is 0 Å². The zero-order valence-electron chi connectivity index (χ0n) is 12.2. The molecule has 0 amide bonds. The van der Waals surface area contributed by atoms with Crippen LogP contribution in [0.5, 0.6) is 0 Å². The summed E-state index contributed by atoms with van der Waals surface area (Å²) in [5, 5.41) is 0.206. The fourth-order valence-electron chi connectivity index (χ4n) is 2.10. The number of thiol groups is 1. The number of hydrogen-bond donors (Lipinski definition) is 1. The molecule has 0 heterocycles. The summed E-state index contributed by atoms with van der Waals surface area (Å²) in [6.07, 6.45) is 10.3. The van der Waals surface area contributed by atoms with Crippen LogP contribution < -0.4 is 0 Å². The number of carbonyl (C=O) groups excluding carboxylic acids is 1. The fraction of sp³-hybridized carbons (Fsp3) is 0.588. The number of hydrogen-bond acceptors (Lipinski definition) is 3. The molecule has 0 aliphatic heterocycles. The number of unbranched alkanes of at least 4 members (excludes halogenated alkanes) is 7. The topological polar surface area (TPSA) is 17.1 Å². The monoisotopic (exact) mass is 310 g/mol. The molecule has 0 saturated heterocycles. The summed E-state index contributed by atoms with van der Waals surface area (Å²) in [5.74, 6) is 1.97. The first-order valence-corrected chi connectivity index (χ1v) is 9.29. The van der Waals surface area contributed by atoms with Gasteiger partial charge in [-0.05, 0) is 18.6 Å². The van der Waals surface area contributed by atoms with E-state index in [9.17, 15) is 4.79 Å². The van der Waals surface area contributed by atoms with E-state index in [2.05, 4.69) is 12.6 Å². The lowest BCUT2D eigenvalue weighted by molar-refractivity contribution is 0.108. The first-order valence-electron chi connectivity index (χ1n) is 7.67. The van der Waals surface area contributed by atoms with Gasteiger partial charge in [-0.2, -0.15) is 12.6 Å². The molecule has 0 spiro atoms. The Labute approximate surface area is 133 Å². The molecule has 0 saturated carbocycles. The molecule has 0 aliphatic rings. The summed E-state index contributed by atoms with van der Waals surface area (Å²) < 4.78 is 0. The van der Waals surface area contributed by atoms with Crippen molar-refractivity contribution in [1.82, 2.24) is 0 Å². The number of thioether (sulfide) groups is 1. The second-order valence-electron chi connectivity index (χ2n) is 5.05. The highest BCUT2D eigenvalue weighted by molar-refractivity contribution is 8.14. The third-order valence-corrected chi connectivity index (χ3v) is 4.60. The quantitative estimate of drug-likeness (QED) is 0.422. The van der Waals surface area contributed by atoms with Crippen molar-refractivity contribution in [2.75, 3.05) is 11.5 Å². The molecule has 0 fully saturated rings. The van der Waals surface area contributed by atoms with Crippen LogP contribution in [0, 0.1) is 0 Å². The Kier molecular flexibility index (Phi) is 10.9. The van der Waals surface area contributed by atoms with Gasteiger partial charge in [0.15, 0.2) is 0 Å². The standard InChI is InChI=1S/C17H26OS2/c18-17(16-12-8-7-9-13-16)20-15-11-6-4-2-1-3-5-10-14-19/h7-9,12-13,19H,1-6,10-11,14-15H2. The minimum absolute atomic E-state index is 0.206. The summed E-state index contributed by atoms with van der Waals surface area (Å²) in [4.78, 5) is 11.8. The van der Waals surface area contributed by atoms with E-state index >= 15 is 0 Å². The van der Waals surface area contributed by atoms with Gasteiger partial charge in [0.05, 0.1) is 0 Å². The normalized spacial score (nSPS) is 10.7. The van der Waals surface area contributed by atoms with Crippen molar-refractivity contribution in [2.45, 2.75) is 51.4 Å². The van der Waals surface area contributed by atoms with E-state index < -0.39 is 0 Å². The van der Waals surface area contributed by atoms with Crippen molar-refractivity contribution in [3.05, 3.63) is 35.9 Å². The number of rotatable bonds is 11. The lowest BCUT2D eigenvalue weighted by Gasteiger charge is -2.02. The molecule has 0 aliphatic carbocycles. The Morgan fingerprint density at radius 3 is 2.00 bits per heavy atom. The predicted octanol–water partition coefficient (Wildman–Crippen LogP) is 5.61. The smallest absolute Gasteiger partial charge is 0.219 e. The van der Waals surface area contributed by atoms with Crippen molar-refractivity contribution in [2.24, 2.45) is 0 Å². The Morgan fingerprint density at radius 1 is 0.850 bits per heavy atom. The molecule has 1 aromatic rings. The molecule has 0 atom stereocenters. The average Bonchev–Trinajstić information content (AvgIpc) is 2.50. The third kappa shape index (κ3) is 8.70. The van der Waals surface area contributed by atoms with Gasteiger partial charge in [0.1, 0.15) is 0 Å². The third-order valence-electron chi connectivity index (χ3n) is 3.30. The summed E-state index contributed by atoms with van der Waals surface area (Å²) in [6.45, 7) is 0. The second-order valence-corrected chi connectivity index (χ2v) is 6.57. The maximum absolute atomic E-state index is 11.8. The average molecular weight is 311 g/mol. The highest BCUT2D eigenvalue weighted by atomic mass is 32.2. The minimum atomic E-state index is 0.206. The minimum Gasteiger partial charge on any atom is -0.282 e. The Morgan fingerprint density at radius 2 is 1.40 bits per heavy atom. The van der Waals surface area contributed by atoms with E-state index in [1.807, 2.05) is 30.3 Å². The zero-order chi connectivity index (χ0) is 14.5. The van der Waals surface area contributed by atoms with Gasteiger partial charge >= 0.3 is 0 Å². The van der Waals surface area contributed by atoms with Gasteiger partial charge in [-0.1, -0.05) is 80.6 Å². The van der Waals surface area contributed by atoms with E-state index in [0.717, 1.165) is 23.5 Å². The first kappa shape index (κ1) is 17.6. The van der Waals surface area contributed by atoms with E-state index in [1.54, 1.807) is 0 Å². The lowest BCUT2D eigenvalue weighted by atomic mass is 10.1. The molecule has 0 bridgehead atoms. The van der Waals surface area contributed by atoms with Gasteiger partial charge in [-0.15, -0.1) is 0 Å². The number of carbonyl (C=O) groups is 1. The Bertz CT molecular complexity index is 351. The lowest BCUT2D eigenvalue weighted by Crippen LogP contribution is -1.94. The van der Waals surface area contributed by atoms with Gasteiger partial charge < -0.3 is 0 Å². The zero-order valence-corrected chi connectivity index (χ0v) is 13.9. The molecular weight excluding hydrogens is 284 g/mol. The molecule has 0 unspecified atom stereocenters. The molecule has 0 radical (unpaired) electrons. The Balaban J connectivity index is 1.91. The molecule has 20 heavy (non-hydrogen) atoms. The molecule has 0 N–H and O–H groups in total. The fourth-order valence-corrected chi connectivity index (χ4v) is 3.16. The molecule has 1 nitrogen and oxygen atoms in total. The first-order chi connectivity index (χ1) is 9.84. The summed E-state index contributed by atoms with van der Waals surface area (Å²) in [7, 11) is 0. The van der Waals surface area contributed by atoms with Crippen LogP contribution in [0.25, 0.3) is 0 Å². The van der Waals surface area contributed by atoms with Crippen LogP contribution in [-0.4, -0.2) is 16.6 Å². The summed E-state index contributed by atoms with van der Waals surface area (Å²) >= 11 is 5.67. The van der Waals surface area contributed by atoms with Crippen molar-refractivity contribution >= 4 is 29.5 Å². The van der Waals surface area contributed by atoms with Gasteiger partial charge in [0.2, 0.25) is 5.12 Å². The predicted molar refractivity (Wildman–Crippen MR) is 94.0 cm³/mol. The van der Waals surface area contributed by atoms with Gasteiger partial charge in [-0.25, -0.2) is 0 Å². The molecule has 0 aromatic heterocycles. The van der Waals surface area contributed by atoms with Crippen molar-refractivity contribution in [3.8, 4) is 0 Å². The van der Waals surface area contributed by atoms with Gasteiger partial charge in [-0.3, -0.25) is 4.79 Å². The van der Waals surface area contributed by atoms with Crippen LogP contribution in [0.4, 0.5) is 0 Å². The van der Waals surface area contributed by atoms with Gasteiger partial charge in [0, 0.05) is 11.3 Å². The highest BCUT2D eigenvalue weighted by Gasteiger charge is 2.04. The van der Waals surface area contributed by atoms with Crippen molar-refractivity contribution in [3.63, 3.8) is 0 Å². The van der Waals surface area contributed by atoms with Crippen LogP contribution in [0.3, 0.4) is 0 Å². The Hall–Kier alpha value is -0.410. The van der Waals surface area contributed by atoms with Gasteiger partial charge in [0.25, 0.3) is 0 Å². The van der Waals surface area contributed by atoms with Crippen molar-refractivity contribution in [1.29, 1.82) is 0 Å². The molecule has 1 rings (SSSR count). The van der Waals surface area contributed by atoms with E-state index in [0.29, 0.717) is 0 Å². The molecule has 112 valence electrons. The van der Waals surface area contributed by atoms with Crippen LogP contribution >= 0.6 is 24.4 Å². The van der Waals surface area contributed by atoms with Crippen LogP contribution in [0.2, 0.25) is 0 Å². The largest absolute Gasteiger partial charge is 0.282 e. The summed E-state index contributed by atoms with van der Waals surface area (Å²) in [5.41, 5.74) is 0.821. The van der Waals surface area contributed by atoms with E-state index in [1.165, 1.54) is 56.7 Å². The maximum Gasteiger partial charge on any atom is 0.219 e. The molecule has 1 aromatic carbocycles. The van der Waals surface area contributed by atoms with Crippen LogP contribution in [0.1, 0.15) is 61.7 Å². The maximum atomic E-state index is 11.8. The van der Waals surface area contributed by atoms with E-state index in [4.69, 9.17) is 0 Å². The molecule has 3 heteroatoms. The van der Waals surface area contributed by atoms with Crippen LogP contribution in [0.15, 0.2) is 30.3 Å². The number of benzene rings is 1. The SMILES string of the molecule is O=C(SCCCCCCCCCCS)c1ccccc1. The van der Waals surface area contributed by atoms with Crippen molar-refractivity contribution < 1.29 is 4.79 Å². The highest BCUT2D eigenvalue weighted by Crippen LogP contribution is 2.15. The second kappa shape index (κ2) is 12.3.